The van der Waals surface area contributed by atoms with Crippen LogP contribution in [0.15, 0.2) is 48.7 Å². The molecule has 31 heavy (non-hydrogen) atoms. The van der Waals surface area contributed by atoms with E-state index in [1.165, 1.54) is 6.92 Å². The minimum Gasteiger partial charge on any atom is -0.486 e. The molecule has 1 atom stereocenters. The highest BCUT2D eigenvalue weighted by molar-refractivity contribution is 5.97. The van der Waals surface area contributed by atoms with Gasteiger partial charge in [-0.1, -0.05) is 18.2 Å². The Kier molecular flexibility index (Phi) is 5.74. The summed E-state index contributed by atoms with van der Waals surface area (Å²) in [5.41, 5.74) is 6.89. The summed E-state index contributed by atoms with van der Waals surface area (Å²) in [6.45, 7) is 2.19. The molecule has 0 bridgehead atoms. The number of amides is 3. The molecular formula is C22H22N4O5. The Morgan fingerprint density at radius 1 is 1.03 bits per heavy atom. The molecular weight excluding hydrogens is 400 g/mol. The van der Waals surface area contributed by atoms with Crippen molar-refractivity contribution in [1.82, 2.24) is 21.2 Å². The zero-order valence-corrected chi connectivity index (χ0v) is 16.9. The normalized spacial score (nSPS) is 13.3. The van der Waals surface area contributed by atoms with Crippen LogP contribution in [0, 0.1) is 0 Å². The molecule has 4 rings (SSSR count). The second-order valence-electron chi connectivity index (χ2n) is 7.12. The molecule has 0 aliphatic carbocycles. The highest BCUT2D eigenvalue weighted by Gasteiger charge is 2.22. The van der Waals surface area contributed by atoms with Crippen LogP contribution in [0.1, 0.15) is 22.8 Å². The molecule has 2 aromatic carbocycles. The molecule has 3 amide bonds. The van der Waals surface area contributed by atoms with Crippen molar-refractivity contribution in [2.24, 2.45) is 0 Å². The summed E-state index contributed by atoms with van der Waals surface area (Å²) in [6, 6.07) is 11.6. The number of H-pyrrole nitrogens is 1. The molecule has 0 radical (unpaired) electrons. The maximum Gasteiger partial charge on any atom is 0.269 e. The Morgan fingerprint density at radius 3 is 2.61 bits per heavy atom. The van der Waals surface area contributed by atoms with E-state index in [9.17, 15) is 14.4 Å². The number of nitrogens with one attached hydrogen (secondary N) is 4. The minimum absolute atomic E-state index is 0.259. The third kappa shape index (κ3) is 4.61. The van der Waals surface area contributed by atoms with Gasteiger partial charge in [-0.25, -0.2) is 0 Å². The number of para-hydroxylation sites is 1. The monoisotopic (exact) mass is 422 g/mol. The van der Waals surface area contributed by atoms with Crippen LogP contribution in [-0.4, -0.2) is 42.0 Å². The number of hydrazine groups is 1. The Morgan fingerprint density at radius 2 is 1.81 bits per heavy atom. The van der Waals surface area contributed by atoms with Crippen molar-refractivity contribution in [2.75, 3.05) is 13.2 Å². The number of hydrogen-bond donors (Lipinski definition) is 4. The molecule has 0 fully saturated rings. The van der Waals surface area contributed by atoms with E-state index in [2.05, 4.69) is 21.2 Å². The Balaban J connectivity index is 1.42. The zero-order chi connectivity index (χ0) is 21.8. The van der Waals surface area contributed by atoms with Gasteiger partial charge in [-0.15, -0.1) is 0 Å². The largest absolute Gasteiger partial charge is 0.486 e. The molecule has 2 heterocycles. The van der Waals surface area contributed by atoms with E-state index in [4.69, 9.17) is 9.47 Å². The summed E-state index contributed by atoms with van der Waals surface area (Å²) in [5.74, 6) is -0.361. The third-order valence-electron chi connectivity index (χ3n) is 4.90. The molecule has 1 aliphatic heterocycles. The molecule has 0 saturated carbocycles. The number of benzene rings is 2. The molecule has 160 valence electrons. The summed E-state index contributed by atoms with van der Waals surface area (Å²) < 4.78 is 10.9. The molecule has 4 N–H and O–H groups in total. The number of ether oxygens (including phenoxy) is 2. The van der Waals surface area contributed by atoms with Crippen molar-refractivity contribution in [2.45, 2.75) is 19.4 Å². The predicted octanol–water partition coefficient (Wildman–Crippen LogP) is 1.45. The lowest BCUT2D eigenvalue weighted by Gasteiger charge is -2.19. The smallest absolute Gasteiger partial charge is 0.269 e. The van der Waals surface area contributed by atoms with Gasteiger partial charge >= 0.3 is 0 Å². The van der Waals surface area contributed by atoms with Crippen molar-refractivity contribution < 1.29 is 23.9 Å². The first kappa shape index (κ1) is 20.3. The number of hydrogen-bond acceptors (Lipinski definition) is 5. The second kappa shape index (κ2) is 8.78. The quantitative estimate of drug-likeness (QED) is 0.464. The van der Waals surface area contributed by atoms with Gasteiger partial charge < -0.3 is 19.8 Å². The number of aromatic nitrogens is 1. The zero-order valence-electron chi connectivity index (χ0n) is 16.9. The lowest BCUT2D eigenvalue weighted by atomic mass is 10.0. The van der Waals surface area contributed by atoms with Crippen LogP contribution in [0.2, 0.25) is 0 Å². The lowest BCUT2D eigenvalue weighted by molar-refractivity contribution is -0.128. The topological polar surface area (TPSA) is 122 Å². The summed E-state index contributed by atoms with van der Waals surface area (Å²) in [5, 5.41) is 3.60. The Bertz CT molecular complexity index is 1140. The number of carbonyl (C=O) groups excluding carboxylic acids is 3. The van der Waals surface area contributed by atoms with Crippen LogP contribution >= 0.6 is 0 Å². The predicted molar refractivity (Wildman–Crippen MR) is 113 cm³/mol. The summed E-state index contributed by atoms with van der Waals surface area (Å²) in [6.07, 6.45) is 2.07. The molecule has 0 spiro atoms. The Labute approximate surface area is 178 Å². The fraction of sp³-hybridized carbons (Fsp3) is 0.227. The van der Waals surface area contributed by atoms with Gasteiger partial charge in [-0.3, -0.25) is 25.2 Å². The van der Waals surface area contributed by atoms with E-state index < -0.39 is 17.9 Å². The molecule has 0 unspecified atom stereocenters. The van der Waals surface area contributed by atoms with Gasteiger partial charge in [0.1, 0.15) is 19.3 Å². The van der Waals surface area contributed by atoms with E-state index in [1.807, 2.05) is 24.3 Å². The molecule has 9 nitrogen and oxygen atoms in total. The number of rotatable bonds is 5. The molecule has 3 aromatic rings. The van der Waals surface area contributed by atoms with Crippen molar-refractivity contribution in [1.29, 1.82) is 0 Å². The highest BCUT2D eigenvalue weighted by atomic mass is 16.6. The van der Waals surface area contributed by atoms with Gasteiger partial charge in [-0.2, -0.15) is 0 Å². The van der Waals surface area contributed by atoms with Crippen molar-refractivity contribution in [3.8, 4) is 11.5 Å². The van der Waals surface area contributed by atoms with Crippen LogP contribution in [0.4, 0.5) is 0 Å². The van der Waals surface area contributed by atoms with Gasteiger partial charge in [0.25, 0.3) is 11.8 Å². The standard InChI is InChI=1S/C22H22N4O5/c1-13(27)24-18(10-15-12-23-17-5-3-2-4-16(15)17)22(29)26-25-21(28)14-6-7-19-20(11-14)31-9-8-30-19/h2-7,11-12,18,23H,8-10H2,1H3,(H,24,27)(H,25,28)(H,26,29)/t18-/m0/s1. The van der Waals surface area contributed by atoms with E-state index in [0.717, 1.165) is 16.5 Å². The van der Waals surface area contributed by atoms with E-state index >= 15 is 0 Å². The fourth-order valence-corrected chi connectivity index (χ4v) is 3.44. The third-order valence-corrected chi connectivity index (χ3v) is 4.90. The van der Waals surface area contributed by atoms with Crippen LogP contribution in [0.5, 0.6) is 11.5 Å². The minimum atomic E-state index is -0.864. The van der Waals surface area contributed by atoms with E-state index in [-0.39, 0.29) is 12.3 Å². The average molecular weight is 422 g/mol. The maximum absolute atomic E-state index is 12.7. The SMILES string of the molecule is CC(=O)N[C@@H](Cc1c[nH]c2ccccc12)C(=O)NNC(=O)c1ccc2c(c1)OCCO2. The van der Waals surface area contributed by atoms with E-state index in [1.54, 1.807) is 24.4 Å². The fourth-order valence-electron chi connectivity index (χ4n) is 3.44. The van der Waals surface area contributed by atoms with E-state index in [0.29, 0.717) is 30.3 Å². The summed E-state index contributed by atoms with van der Waals surface area (Å²) in [7, 11) is 0. The number of fused-ring (bicyclic) bond motifs is 2. The highest BCUT2D eigenvalue weighted by Crippen LogP contribution is 2.30. The van der Waals surface area contributed by atoms with Crippen LogP contribution in [0.25, 0.3) is 10.9 Å². The van der Waals surface area contributed by atoms with Gasteiger partial charge in [0.05, 0.1) is 0 Å². The van der Waals surface area contributed by atoms with Gasteiger partial charge in [0, 0.05) is 36.0 Å². The van der Waals surface area contributed by atoms with Gasteiger partial charge in [-0.05, 0) is 29.8 Å². The summed E-state index contributed by atoms with van der Waals surface area (Å²) in [4.78, 5) is 40.0. The molecule has 0 saturated heterocycles. The Hall–Kier alpha value is -4.01. The number of carbonyl (C=O) groups is 3. The van der Waals surface area contributed by atoms with Crippen molar-refractivity contribution in [3.63, 3.8) is 0 Å². The van der Waals surface area contributed by atoms with Crippen LogP contribution < -0.4 is 25.6 Å². The molecule has 1 aliphatic rings. The first-order chi connectivity index (χ1) is 15.0. The first-order valence-electron chi connectivity index (χ1n) is 9.83. The summed E-state index contributed by atoms with van der Waals surface area (Å²) >= 11 is 0. The number of aromatic amines is 1. The maximum atomic E-state index is 12.7. The second-order valence-corrected chi connectivity index (χ2v) is 7.12. The van der Waals surface area contributed by atoms with Crippen molar-refractivity contribution >= 4 is 28.6 Å². The first-order valence-corrected chi connectivity index (χ1v) is 9.83. The van der Waals surface area contributed by atoms with Crippen molar-refractivity contribution in [3.05, 3.63) is 59.8 Å². The lowest BCUT2D eigenvalue weighted by Crippen LogP contribution is -2.52. The molecule has 1 aromatic heterocycles. The molecule has 9 heteroatoms. The van der Waals surface area contributed by atoms with Crippen LogP contribution in [-0.2, 0) is 16.0 Å². The van der Waals surface area contributed by atoms with Gasteiger partial charge in [0.15, 0.2) is 11.5 Å². The van der Waals surface area contributed by atoms with Crippen LogP contribution in [0.3, 0.4) is 0 Å². The van der Waals surface area contributed by atoms with Gasteiger partial charge in [0.2, 0.25) is 5.91 Å². The average Bonchev–Trinajstić information content (AvgIpc) is 3.19.